The molecule has 0 N–H and O–H groups in total. The molecule has 1 unspecified atom stereocenters. The molecule has 0 aliphatic rings. The second-order valence-electron chi connectivity index (χ2n) is 3.41. The molecule has 14 heavy (non-hydrogen) atoms. The Bertz CT molecular complexity index is 336. The minimum atomic E-state index is -1.46. The normalized spacial score (nSPS) is 13.4. The van der Waals surface area contributed by atoms with Gasteiger partial charge in [-0.2, -0.15) is 0 Å². The molecule has 78 valence electrons. The number of hydrogen-bond acceptors (Lipinski definition) is 0. The summed E-state index contributed by atoms with van der Waals surface area (Å²) in [4.78, 5) is 0. The smallest absolute Gasteiger partial charge is 0.194 e. The fraction of sp³-hybridized carbons (Fsp3) is 0.400. The molecule has 0 saturated heterocycles. The van der Waals surface area contributed by atoms with E-state index in [4.69, 9.17) is 11.6 Å². The summed E-state index contributed by atoms with van der Waals surface area (Å²) >= 11 is 5.84. The number of rotatable bonds is 2. The van der Waals surface area contributed by atoms with Crippen LogP contribution in [0.25, 0.3) is 0 Å². The van der Waals surface area contributed by atoms with Crippen LogP contribution in [0.3, 0.4) is 0 Å². The number of benzene rings is 1. The van der Waals surface area contributed by atoms with Gasteiger partial charge in [-0.25, -0.2) is 13.2 Å². The van der Waals surface area contributed by atoms with E-state index in [1.165, 1.54) is 6.07 Å². The quantitative estimate of drug-likeness (QED) is 0.523. The molecule has 0 radical (unpaired) electrons. The van der Waals surface area contributed by atoms with E-state index in [0.29, 0.717) is 0 Å². The second kappa shape index (κ2) is 4.22. The van der Waals surface area contributed by atoms with Crippen molar-refractivity contribution in [3.05, 3.63) is 35.1 Å². The molecule has 0 fully saturated rings. The van der Waals surface area contributed by atoms with Crippen LogP contribution < -0.4 is 0 Å². The lowest BCUT2D eigenvalue weighted by Gasteiger charge is -2.14. The third-order valence-electron chi connectivity index (χ3n) is 1.95. The van der Waals surface area contributed by atoms with E-state index in [-0.39, 0.29) is 11.5 Å². The molecule has 0 heterocycles. The highest BCUT2D eigenvalue weighted by atomic mass is 35.5. The topological polar surface area (TPSA) is 0 Å². The van der Waals surface area contributed by atoms with Crippen molar-refractivity contribution in [3.63, 3.8) is 0 Å². The largest absolute Gasteiger partial charge is 0.204 e. The summed E-state index contributed by atoms with van der Waals surface area (Å²) in [5.41, 5.74) is 0.000525. The van der Waals surface area contributed by atoms with E-state index in [9.17, 15) is 13.2 Å². The van der Waals surface area contributed by atoms with Crippen LogP contribution >= 0.6 is 11.6 Å². The number of alkyl halides is 1. The van der Waals surface area contributed by atoms with E-state index in [1.807, 2.05) is 0 Å². The van der Waals surface area contributed by atoms with Crippen molar-refractivity contribution in [2.45, 2.75) is 19.2 Å². The highest BCUT2D eigenvalue weighted by Gasteiger charge is 2.21. The Labute approximate surface area is 85.7 Å². The molecule has 0 amide bonds. The maximum atomic E-state index is 13.2. The summed E-state index contributed by atoms with van der Waals surface area (Å²) in [6.45, 7) is 3.55. The van der Waals surface area contributed by atoms with Gasteiger partial charge in [-0.3, -0.25) is 0 Å². The Hall–Kier alpha value is -0.700. The predicted octanol–water partition coefficient (Wildman–Crippen LogP) is 4.04. The van der Waals surface area contributed by atoms with Gasteiger partial charge in [0.2, 0.25) is 0 Å². The summed E-state index contributed by atoms with van der Waals surface area (Å²) in [6.07, 6.45) is 0. The van der Waals surface area contributed by atoms with E-state index in [0.717, 1.165) is 6.07 Å². The molecule has 1 aromatic carbocycles. The van der Waals surface area contributed by atoms with Crippen LogP contribution in [0.4, 0.5) is 13.2 Å². The van der Waals surface area contributed by atoms with Crippen LogP contribution in [0.2, 0.25) is 0 Å². The molecular weight excluding hydrogens is 213 g/mol. The zero-order valence-electron chi connectivity index (χ0n) is 7.82. The summed E-state index contributed by atoms with van der Waals surface area (Å²) in [6, 6.07) is 2.05. The van der Waals surface area contributed by atoms with Gasteiger partial charge >= 0.3 is 0 Å². The molecule has 0 aliphatic heterocycles. The summed E-state index contributed by atoms with van der Waals surface area (Å²) < 4.78 is 38.5. The number of hydrogen-bond donors (Lipinski definition) is 0. The first kappa shape index (κ1) is 11.4. The van der Waals surface area contributed by atoms with Crippen molar-refractivity contribution in [3.8, 4) is 0 Å². The van der Waals surface area contributed by atoms with Crippen molar-refractivity contribution in [2.24, 2.45) is 5.92 Å². The standard InChI is InChI=1S/C10H10ClF3/c1-5(2)8(11)6-3-4-7(12)10(14)9(6)13/h3-5,8H,1-2H3. The summed E-state index contributed by atoms with van der Waals surface area (Å²) in [5.74, 6) is -3.90. The minimum absolute atomic E-state index is 0.000525. The van der Waals surface area contributed by atoms with Gasteiger partial charge in [-0.05, 0) is 12.0 Å². The van der Waals surface area contributed by atoms with Gasteiger partial charge in [0.15, 0.2) is 17.5 Å². The zero-order valence-corrected chi connectivity index (χ0v) is 8.58. The highest BCUT2D eigenvalue weighted by molar-refractivity contribution is 6.20. The Morgan fingerprint density at radius 3 is 2.14 bits per heavy atom. The Morgan fingerprint density at radius 1 is 1.07 bits per heavy atom. The third-order valence-corrected chi connectivity index (χ3v) is 2.69. The fourth-order valence-electron chi connectivity index (χ4n) is 1.11. The van der Waals surface area contributed by atoms with Crippen molar-refractivity contribution < 1.29 is 13.2 Å². The van der Waals surface area contributed by atoms with E-state index in [1.54, 1.807) is 13.8 Å². The molecule has 1 aromatic rings. The van der Waals surface area contributed by atoms with Crippen LogP contribution in [0, 0.1) is 23.4 Å². The molecule has 1 rings (SSSR count). The van der Waals surface area contributed by atoms with Gasteiger partial charge in [0, 0.05) is 5.56 Å². The van der Waals surface area contributed by atoms with Gasteiger partial charge in [0.25, 0.3) is 0 Å². The average Bonchev–Trinajstić information content (AvgIpc) is 2.13. The third kappa shape index (κ3) is 2.03. The first-order valence-electron chi connectivity index (χ1n) is 4.22. The molecule has 1 atom stereocenters. The SMILES string of the molecule is CC(C)C(Cl)c1ccc(F)c(F)c1F. The van der Waals surface area contributed by atoms with Gasteiger partial charge in [-0.15, -0.1) is 11.6 Å². The first-order chi connectivity index (χ1) is 6.45. The minimum Gasteiger partial charge on any atom is -0.204 e. The van der Waals surface area contributed by atoms with Crippen molar-refractivity contribution in [1.82, 2.24) is 0 Å². The average molecular weight is 223 g/mol. The van der Waals surface area contributed by atoms with Gasteiger partial charge in [-0.1, -0.05) is 19.9 Å². The maximum absolute atomic E-state index is 13.2. The molecule has 0 saturated carbocycles. The summed E-state index contributed by atoms with van der Waals surface area (Å²) in [7, 11) is 0. The Morgan fingerprint density at radius 2 is 1.64 bits per heavy atom. The maximum Gasteiger partial charge on any atom is 0.194 e. The van der Waals surface area contributed by atoms with E-state index >= 15 is 0 Å². The monoisotopic (exact) mass is 222 g/mol. The lowest BCUT2D eigenvalue weighted by Crippen LogP contribution is -2.05. The highest BCUT2D eigenvalue weighted by Crippen LogP contribution is 2.31. The first-order valence-corrected chi connectivity index (χ1v) is 4.66. The van der Waals surface area contributed by atoms with Gasteiger partial charge in [0.05, 0.1) is 5.38 Å². The van der Waals surface area contributed by atoms with Gasteiger partial charge in [0.1, 0.15) is 0 Å². The Kier molecular flexibility index (Phi) is 3.43. The molecule has 0 spiro atoms. The van der Waals surface area contributed by atoms with Gasteiger partial charge < -0.3 is 0 Å². The van der Waals surface area contributed by atoms with Crippen LogP contribution in [0.15, 0.2) is 12.1 Å². The number of halogens is 4. The fourth-order valence-corrected chi connectivity index (χ4v) is 1.28. The predicted molar refractivity (Wildman–Crippen MR) is 49.7 cm³/mol. The van der Waals surface area contributed by atoms with E-state index in [2.05, 4.69) is 0 Å². The van der Waals surface area contributed by atoms with Crippen molar-refractivity contribution >= 4 is 11.6 Å². The van der Waals surface area contributed by atoms with Crippen LogP contribution in [-0.4, -0.2) is 0 Å². The molecular formula is C10H10ClF3. The Balaban J connectivity index is 3.17. The molecule has 0 bridgehead atoms. The van der Waals surface area contributed by atoms with E-state index < -0.39 is 22.8 Å². The van der Waals surface area contributed by atoms with Crippen LogP contribution in [0.5, 0.6) is 0 Å². The molecule has 0 aromatic heterocycles. The molecule has 4 heteroatoms. The van der Waals surface area contributed by atoms with Crippen LogP contribution in [0.1, 0.15) is 24.8 Å². The van der Waals surface area contributed by atoms with Crippen molar-refractivity contribution in [2.75, 3.05) is 0 Å². The lowest BCUT2D eigenvalue weighted by atomic mass is 10.0. The van der Waals surface area contributed by atoms with Crippen molar-refractivity contribution in [1.29, 1.82) is 0 Å². The second-order valence-corrected chi connectivity index (χ2v) is 3.88. The molecule has 0 aliphatic carbocycles. The van der Waals surface area contributed by atoms with Crippen LogP contribution in [-0.2, 0) is 0 Å². The molecule has 0 nitrogen and oxygen atoms in total. The zero-order chi connectivity index (χ0) is 10.9. The summed E-state index contributed by atoms with van der Waals surface area (Å²) in [5, 5.41) is -0.648. The lowest BCUT2D eigenvalue weighted by molar-refractivity contribution is 0.435.